The summed E-state index contributed by atoms with van der Waals surface area (Å²) < 4.78 is 25.7. The van der Waals surface area contributed by atoms with Gasteiger partial charge in [0, 0.05) is 38.4 Å². The maximum atomic E-state index is 12.2. The fraction of sp³-hybridized carbons (Fsp3) is 0.538. The van der Waals surface area contributed by atoms with Crippen LogP contribution in [0, 0.1) is 0 Å². The second-order valence-corrected chi connectivity index (χ2v) is 7.59. The minimum atomic E-state index is -3.16. The molecule has 1 saturated carbocycles. The molecule has 0 bridgehead atoms. The van der Waals surface area contributed by atoms with Gasteiger partial charge in [-0.15, -0.1) is 0 Å². The average Bonchev–Trinajstić information content (AvgIpc) is 3.32. The lowest BCUT2D eigenvalue weighted by molar-refractivity contribution is 0.0697. The lowest BCUT2D eigenvalue weighted by Gasteiger charge is -2.34. The molecule has 1 saturated heterocycles. The number of rotatable bonds is 3. The van der Waals surface area contributed by atoms with Crippen LogP contribution in [0.15, 0.2) is 23.1 Å². The Bertz CT molecular complexity index is 680. The molecule has 0 unspecified atom stereocenters. The van der Waals surface area contributed by atoms with Crippen LogP contribution < -0.4 is 5.56 Å². The van der Waals surface area contributed by atoms with Gasteiger partial charge >= 0.3 is 0 Å². The van der Waals surface area contributed by atoms with Gasteiger partial charge in [0.1, 0.15) is 0 Å². The van der Waals surface area contributed by atoms with Crippen molar-refractivity contribution in [2.75, 3.05) is 26.2 Å². The van der Waals surface area contributed by atoms with E-state index in [2.05, 4.69) is 4.98 Å². The molecule has 3 rings (SSSR count). The van der Waals surface area contributed by atoms with Crippen molar-refractivity contribution in [1.82, 2.24) is 14.2 Å². The van der Waals surface area contributed by atoms with Crippen LogP contribution in [-0.4, -0.2) is 59.9 Å². The second kappa shape index (κ2) is 5.27. The molecule has 1 aliphatic heterocycles. The van der Waals surface area contributed by atoms with Crippen LogP contribution in [0.1, 0.15) is 23.2 Å². The van der Waals surface area contributed by atoms with E-state index in [1.54, 1.807) is 4.90 Å². The van der Waals surface area contributed by atoms with Crippen LogP contribution in [0.3, 0.4) is 0 Å². The van der Waals surface area contributed by atoms with Crippen molar-refractivity contribution in [1.29, 1.82) is 0 Å². The summed E-state index contributed by atoms with van der Waals surface area (Å²) in [6.07, 6.45) is 2.88. The Morgan fingerprint density at radius 2 is 1.81 bits per heavy atom. The van der Waals surface area contributed by atoms with Gasteiger partial charge < -0.3 is 9.88 Å². The molecule has 1 amide bonds. The fourth-order valence-electron chi connectivity index (χ4n) is 2.45. The summed E-state index contributed by atoms with van der Waals surface area (Å²) in [6, 6.07) is 2.79. The summed E-state index contributed by atoms with van der Waals surface area (Å²) in [5, 5.41) is -0.209. The molecule has 1 aromatic rings. The van der Waals surface area contributed by atoms with E-state index in [4.69, 9.17) is 0 Å². The number of piperazine rings is 1. The third-order valence-electron chi connectivity index (χ3n) is 3.86. The molecule has 0 radical (unpaired) electrons. The highest BCUT2D eigenvalue weighted by molar-refractivity contribution is 7.90. The molecule has 21 heavy (non-hydrogen) atoms. The summed E-state index contributed by atoms with van der Waals surface area (Å²) in [7, 11) is -3.16. The number of hydrogen-bond donors (Lipinski definition) is 1. The van der Waals surface area contributed by atoms with Crippen LogP contribution in [-0.2, 0) is 10.0 Å². The highest BCUT2D eigenvalue weighted by Gasteiger charge is 2.41. The molecule has 1 aliphatic carbocycles. The highest BCUT2D eigenvalue weighted by atomic mass is 32.2. The number of nitrogens with zero attached hydrogens (tertiary/aromatic N) is 2. The van der Waals surface area contributed by atoms with Crippen molar-refractivity contribution in [3.63, 3.8) is 0 Å². The summed E-state index contributed by atoms with van der Waals surface area (Å²) in [5.74, 6) is -0.185. The molecule has 2 fully saturated rings. The maximum absolute atomic E-state index is 12.2. The number of carbonyl (C=O) groups is 1. The molecule has 2 aliphatic rings. The summed E-state index contributed by atoms with van der Waals surface area (Å²) in [4.78, 5) is 27.3. The van der Waals surface area contributed by atoms with Gasteiger partial charge in [-0.1, -0.05) is 0 Å². The van der Waals surface area contributed by atoms with Crippen LogP contribution in [0.4, 0.5) is 0 Å². The van der Waals surface area contributed by atoms with E-state index in [0.717, 1.165) is 12.8 Å². The van der Waals surface area contributed by atoms with E-state index in [9.17, 15) is 18.0 Å². The van der Waals surface area contributed by atoms with Gasteiger partial charge in [-0.05, 0) is 18.9 Å². The van der Waals surface area contributed by atoms with Crippen LogP contribution >= 0.6 is 0 Å². The molecule has 1 aromatic heterocycles. The Hall–Kier alpha value is -1.67. The van der Waals surface area contributed by atoms with Gasteiger partial charge in [-0.25, -0.2) is 8.42 Å². The predicted octanol–water partition coefficient (Wildman–Crippen LogP) is -0.375. The van der Waals surface area contributed by atoms with E-state index in [-0.39, 0.29) is 16.7 Å². The predicted molar refractivity (Wildman–Crippen MR) is 76.5 cm³/mol. The SMILES string of the molecule is O=C(c1ccc(=O)[nH]c1)N1CCN(S(=O)(=O)C2CC2)CC1. The van der Waals surface area contributed by atoms with Crippen molar-refractivity contribution in [2.24, 2.45) is 0 Å². The smallest absolute Gasteiger partial charge is 0.255 e. The molecular weight excluding hydrogens is 294 g/mol. The first-order valence-electron chi connectivity index (χ1n) is 6.95. The number of sulfonamides is 1. The van der Waals surface area contributed by atoms with Gasteiger partial charge in [0.15, 0.2) is 0 Å². The van der Waals surface area contributed by atoms with Crippen molar-refractivity contribution in [3.05, 3.63) is 34.2 Å². The Balaban J connectivity index is 1.64. The minimum absolute atomic E-state index is 0.185. The van der Waals surface area contributed by atoms with Gasteiger partial charge in [-0.2, -0.15) is 4.31 Å². The van der Waals surface area contributed by atoms with Crippen LogP contribution in [0.5, 0.6) is 0 Å². The summed E-state index contributed by atoms with van der Waals surface area (Å²) >= 11 is 0. The van der Waals surface area contributed by atoms with E-state index >= 15 is 0 Å². The molecule has 1 N–H and O–H groups in total. The van der Waals surface area contributed by atoms with Crippen LogP contribution in [0.25, 0.3) is 0 Å². The van der Waals surface area contributed by atoms with Gasteiger partial charge in [0.05, 0.1) is 10.8 Å². The van der Waals surface area contributed by atoms with Crippen molar-refractivity contribution in [3.8, 4) is 0 Å². The number of carbonyl (C=O) groups excluding carboxylic acids is 1. The monoisotopic (exact) mass is 311 g/mol. The molecule has 8 heteroatoms. The number of H-pyrrole nitrogens is 1. The zero-order chi connectivity index (χ0) is 15.0. The van der Waals surface area contributed by atoms with Crippen molar-refractivity contribution in [2.45, 2.75) is 18.1 Å². The first-order chi connectivity index (χ1) is 9.98. The first kappa shape index (κ1) is 14.3. The molecule has 7 nitrogen and oxygen atoms in total. The van der Waals surface area contributed by atoms with E-state index < -0.39 is 10.0 Å². The lowest BCUT2D eigenvalue weighted by atomic mass is 10.2. The Morgan fingerprint density at radius 1 is 1.14 bits per heavy atom. The normalized spacial score (nSPS) is 20.5. The van der Waals surface area contributed by atoms with E-state index in [0.29, 0.717) is 31.7 Å². The standard InChI is InChI=1S/C13H17N3O4S/c17-12-4-1-10(9-14-12)13(18)15-5-7-16(8-6-15)21(19,20)11-2-3-11/h1,4,9,11H,2-3,5-8H2,(H,14,17). The highest BCUT2D eigenvalue weighted by Crippen LogP contribution is 2.31. The summed E-state index contributed by atoms with van der Waals surface area (Å²) in [5.41, 5.74) is 0.153. The molecular formula is C13H17N3O4S. The third-order valence-corrected chi connectivity index (χ3v) is 6.26. The largest absolute Gasteiger partial charge is 0.336 e. The van der Waals surface area contributed by atoms with Crippen LogP contribution in [0.2, 0.25) is 0 Å². The first-order valence-corrected chi connectivity index (χ1v) is 8.46. The molecule has 114 valence electrons. The number of aromatic nitrogens is 1. The lowest BCUT2D eigenvalue weighted by Crippen LogP contribution is -2.51. The number of aromatic amines is 1. The van der Waals surface area contributed by atoms with Gasteiger partial charge in [0.2, 0.25) is 15.6 Å². The fourth-order valence-corrected chi connectivity index (χ4v) is 4.27. The number of amides is 1. The second-order valence-electron chi connectivity index (χ2n) is 5.38. The van der Waals surface area contributed by atoms with Crippen molar-refractivity contribution >= 4 is 15.9 Å². The van der Waals surface area contributed by atoms with Gasteiger partial charge in [0.25, 0.3) is 5.91 Å². The minimum Gasteiger partial charge on any atom is -0.336 e. The Morgan fingerprint density at radius 3 is 2.33 bits per heavy atom. The maximum Gasteiger partial charge on any atom is 0.255 e. The van der Waals surface area contributed by atoms with E-state index in [1.165, 1.54) is 22.6 Å². The Kier molecular flexibility index (Phi) is 3.58. The molecule has 0 spiro atoms. The zero-order valence-corrected chi connectivity index (χ0v) is 12.3. The number of nitrogens with one attached hydrogen (secondary N) is 1. The molecule has 0 aromatic carbocycles. The number of hydrogen-bond acceptors (Lipinski definition) is 4. The van der Waals surface area contributed by atoms with Crippen molar-refractivity contribution < 1.29 is 13.2 Å². The van der Waals surface area contributed by atoms with E-state index in [1.807, 2.05) is 0 Å². The Labute approximate surface area is 122 Å². The quantitative estimate of drug-likeness (QED) is 0.824. The topological polar surface area (TPSA) is 90.6 Å². The molecule has 2 heterocycles. The third kappa shape index (κ3) is 2.86. The number of pyridine rings is 1. The summed E-state index contributed by atoms with van der Waals surface area (Å²) in [6.45, 7) is 1.44. The average molecular weight is 311 g/mol. The zero-order valence-electron chi connectivity index (χ0n) is 11.5. The molecule has 0 atom stereocenters. The van der Waals surface area contributed by atoms with Gasteiger partial charge in [-0.3, -0.25) is 9.59 Å².